The van der Waals surface area contributed by atoms with Gasteiger partial charge < -0.3 is 9.47 Å². The third-order valence-corrected chi connectivity index (χ3v) is 3.54. The predicted octanol–water partition coefficient (Wildman–Crippen LogP) is 4.18. The van der Waals surface area contributed by atoms with Crippen LogP contribution in [-0.2, 0) is 14.3 Å². The molecule has 0 radical (unpaired) electrons. The number of anilines is 1. The van der Waals surface area contributed by atoms with E-state index in [-0.39, 0.29) is 18.9 Å². The maximum Gasteiger partial charge on any atom is 0.422 e. The van der Waals surface area contributed by atoms with Gasteiger partial charge in [0, 0.05) is 18.9 Å². The van der Waals surface area contributed by atoms with E-state index in [1.807, 2.05) is 0 Å². The van der Waals surface area contributed by atoms with Crippen molar-refractivity contribution >= 4 is 11.6 Å². The quantitative estimate of drug-likeness (QED) is 0.331. The van der Waals surface area contributed by atoms with Crippen molar-refractivity contribution in [2.75, 3.05) is 18.1 Å². The molecule has 26 heavy (non-hydrogen) atoms. The zero-order valence-corrected chi connectivity index (χ0v) is 13.7. The molecule has 2 rings (SSSR count). The highest BCUT2D eigenvalue weighted by Gasteiger charge is 2.68. The van der Waals surface area contributed by atoms with E-state index < -0.39 is 35.3 Å². The van der Waals surface area contributed by atoms with Crippen LogP contribution in [0.15, 0.2) is 41.5 Å². The summed E-state index contributed by atoms with van der Waals surface area (Å²) in [7, 11) is 0. The number of β-lactam (4-membered cyclic amide) rings is 1. The van der Waals surface area contributed by atoms with Gasteiger partial charge in [0.05, 0.1) is 0 Å². The van der Waals surface area contributed by atoms with Crippen LogP contribution in [0.5, 0.6) is 0 Å². The highest BCUT2D eigenvalue weighted by atomic mass is 19.4. The maximum absolute atomic E-state index is 13.2. The largest absolute Gasteiger partial charge is 0.422 e. The summed E-state index contributed by atoms with van der Waals surface area (Å²) in [5.41, 5.74) is -4.49. The van der Waals surface area contributed by atoms with E-state index in [2.05, 4.69) is 0 Å². The molecule has 0 N–H and O–H groups in total. The number of carbonyl (C=O) groups is 1. The standard InChI is InChI=1S/C16H15F6NO3/c1-3-25-16(26-4-2)11(12(14(17,18)19)15(20,21)22)13(24)23(16)10-8-6-5-7-9-10/h5-9H,3-4H2,1-2H3. The summed E-state index contributed by atoms with van der Waals surface area (Å²) in [4.78, 5) is 13.0. The molecule has 0 aliphatic carbocycles. The van der Waals surface area contributed by atoms with E-state index in [9.17, 15) is 31.1 Å². The van der Waals surface area contributed by atoms with Crippen LogP contribution >= 0.6 is 0 Å². The Labute approximate surface area is 145 Å². The molecule has 1 saturated heterocycles. The van der Waals surface area contributed by atoms with Crippen LogP contribution in [0.2, 0.25) is 0 Å². The number of hydrogen-bond donors (Lipinski definition) is 0. The Morgan fingerprint density at radius 1 is 0.962 bits per heavy atom. The molecule has 0 atom stereocenters. The maximum atomic E-state index is 13.2. The van der Waals surface area contributed by atoms with E-state index in [0.29, 0.717) is 4.90 Å². The van der Waals surface area contributed by atoms with Gasteiger partial charge in [-0.1, -0.05) is 18.2 Å². The van der Waals surface area contributed by atoms with E-state index in [0.717, 1.165) is 0 Å². The summed E-state index contributed by atoms with van der Waals surface area (Å²) in [5.74, 6) is -4.09. The highest BCUT2D eigenvalue weighted by Crippen LogP contribution is 2.51. The number of allylic oxidation sites excluding steroid dienone is 1. The molecular weight excluding hydrogens is 368 g/mol. The fourth-order valence-corrected chi connectivity index (χ4v) is 2.72. The first-order valence-electron chi connectivity index (χ1n) is 7.57. The minimum absolute atomic E-state index is 0.0480. The molecule has 1 fully saturated rings. The SMILES string of the molecule is CCOC1(OCC)C(=C(C(F)(F)F)C(F)(F)F)C(=O)N1c1ccccc1. The number of carbonyl (C=O) groups excluding carboxylic acids is 1. The molecular formula is C16H15F6NO3. The number of amides is 1. The Kier molecular flexibility index (Phi) is 5.39. The van der Waals surface area contributed by atoms with Gasteiger partial charge in [-0.25, -0.2) is 0 Å². The number of ether oxygens (including phenoxy) is 2. The Morgan fingerprint density at radius 2 is 1.42 bits per heavy atom. The van der Waals surface area contributed by atoms with Crippen LogP contribution in [0.4, 0.5) is 32.0 Å². The fraction of sp³-hybridized carbons (Fsp3) is 0.438. The Morgan fingerprint density at radius 3 is 1.81 bits per heavy atom. The predicted molar refractivity (Wildman–Crippen MR) is 79.0 cm³/mol. The van der Waals surface area contributed by atoms with Gasteiger partial charge in [-0.2, -0.15) is 26.3 Å². The number of benzene rings is 1. The van der Waals surface area contributed by atoms with Crippen LogP contribution in [0.25, 0.3) is 0 Å². The van der Waals surface area contributed by atoms with Crippen LogP contribution in [-0.4, -0.2) is 37.4 Å². The van der Waals surface area contributed by atoms with Gasteiger partial charge in [-0.15, -0.1) is 0 Å². The summed E-state index contributed by atoms with van der Waals surface area (Å²) in [6.45, 7) is 2.16. The number of nitrogens with zero attached hydrogens (tertiary/aromatic N) is 1. The van der Waals surface area contributed by atoms with Gasteiger partial charge in [-0.3, -0.25) is 9.69 Å². The summed E-state index contributed by atoms with van der Waals surface area (Å²) >= 11 is 0. The Bertz CT molecular complexity index is 674. The molecule has 1 aliphatic rings. The average molecular weight is 383 g/mol. The molecule has 0 spiro atoms. The van der Waals surface area contributed by atoms with Gasteiger partial charge in [0.25, 0.3) is 11.8 Å². The molecule has 0 unspecified atom stereocenters. The van der Waals surface area contributed by atoms with Crippen molar-refractivity contribution in [3.8, 4) is 0 Å². The second-order valence-corrected chi connectivity index (χ2v) is 5.17. The van der Waals surface area contributed by atoms with E-state index in [1.165, 1.54) is 38.1 Å². The normalized spacial score (nSPS) is 17.3. The fourth-order valence-electron chi connectivity index (χ4n) is 2.72. The zero-order valence-electron chi connectivity index (χ0n) is 13.7. The first-order chi connectivity index (χ1) is 12.0. The van der Waals surface area contributed by atoms with Gasteiger partial charge in [0.1, 0.15) is 5.57 Å². The number of rotatable bonds is 5. The molecule has 0 aromatic heterocycles. The van der Waals surface area contributed by atoms with Crippen molar-refractivity contribution in [2.24, 2.45) is 0 Å². The first kappa shape index (κ1) is 20.2. The average Bonchev–Trinajstić information content (AvgIpc) is 2.51. The van der Waals surface area contributed by atoms with E-state index >= 15 is 0 Å². The second kappa shape index (κ2) is 6.92. The number of hydrogen-bond acceptors (Lipinski definition) is 3. The van der Waals surface area contributed by atoms with E-state index in [4.69, 9.17) is 9.47 Å². The lowest BCUT2D eigenvalue weighted by molar-refractivity contribution is -0.236. The van der Waals surface area contributed by atoms with Crippen molar-refractivity contribution in [1.29, 1.82) is 0 Å². The Hall–Kier alpha value is -2.07. The Balaban J connectivity index is 2.76. The van der Waals surface area contributed by atoms with Crippen molar-refractivity contribution in [1.82, 2.24) is 0 Å². The molecule has 0 saturated carbocycles. The monoisotopic (exact) mass is 383 g/mol. The molecule has 4 nitrogen and oxygen atoms in total. The summed E-state index contributed by atoms with van der Waals surface area (Å²) < 4.78 is 89.2. The van der Waals surface area contributed by atoms with Gasteiger partial charge in [0.15, 0.2) is 5.57 Å². The second-order valence-electron chi connectivity index (χ2n) is 5.17. The molecule has 1 heterocycles. The molecule has 1 aliphatic heterocycles. The van der Waals surface area contributed by atoms with Gasteiger partial charge in [-0.05, 0) is 26.0 Å². The number of para-hydroxylation sites is 1. The lowest BCUT2D eigenvalue weighted by Gasteiger charge is -2.52. The molecule has 144 valence electrons. The van der Waals surface area contributed by atoms with Crippen molar-refractivity contribution in [2.45, 2.75) is 32.1 Å². The lowest BCUT2D eigenvalue weighted by Crippen LogP contribution is -2.70. The van der Waals surface area contributed by atoms with Crippen molar-refractivity contribution in [3.63, 3.8) is 0 Å². The van der Waals surface area contributed by atoms with Crippen LogP contribution in [0.1, 0.15) is 13.8 Å². The lowest BCUT2D eigenvalue weighted by atomic mass is 9.91. The number of alkyl halides is 6. The van der Waals surface area contributed by atoms with E-state index in [1.54, 1.807) is 6.07 Å². The van der Waals surface area contributed by atoms with Crippen LogP contribution in [0, 0.1) is 0 Å². The minimum Gasteiger partial charge on any atom is -0.329 e. The molecule has 1 aromatic carbocycles. The molecule has 1 aromatic rings. The third kappa shape index (κ3) is 3.30. The van der Waals surface area contributed by atoms with Gasteiger partial charge in [0.2, 0.25) is 0 Å². The van der Waals surface area contributed by atoms with Crippen LogP contribution in [0.3, 0.4) is 0 Å². The molecule has 10 heteroatoms. The summed E-state index contributed by atoms with van der Waals surface area (Å²) in [6, 6.07) is 7.22. The zero-order chi connectivity index (χ0) is 19.8. The number of halogens is 6. The third-order valence-electron chi connectivity index (χ3n) is 3.54. The first-order valence-corrected chi connectivity index (χ1v) is 7.57. The van der Waals surface area contributed by atoms with Crippen molar-refractivity contribution < 1.29 is 40.6 Å². The minimum atomic E-state index is -5.81. The van der Waals surface area contributed by atoms with Crippen molar-refractivity contribution in [3.05, 3.63) is 41.5 Å². The highest BCUT2D eigenvalue weighted by molar-refractivity contribution is 6.16. The summed E-state index contributed by atoms with van der Waals surface area (Å²) in [5, 5.41) is 0. The topological polar surface area (TPSA) is 38.8 Å². The van der Waals surface area contributed by atoms with Gasteiger partial charge >= 0.3 is 12.4 Å². The molecule has 0 bridgehead atoms. The van der Waals surface area contributed by atoms with Crippen LogP contribution < -0.4 is 4.90 Å². The smallest absolute Gasteiger partial charge is 0.329 e. The molecule has 1 amide bonds. The summed E-state index contributed by atoms with van der Waals surface area (Å²) in [6.07, 6.45) is -11.6.